The minimum Gasteiger partial charge on any atom is -0.349 e. The van der Waals surface area contributed by atoms with Crippen molar-refractivity contribution in [1.29, 1.82) is 0 Å². The third-order valence-corrected chi connectivity index (χ3v) is 8.80. The van der Waals surface area contributed by atoms with E-state index in [0.717, 1.165) is 12.8 Å². The molecule has 4 atom stereocenters. The third kappa shape index (κ3) is 2.58. The van der Waals surface area contributed by atoms with E-state index in [9.17, 15) is 14.4 Å². The molecule has 1 aromatic carbocycles. The molecule has 3 amide bonds. The van der Waals surface area contributed by atoms with Gasteiger partial charge in [-0.3, -0.25) is 14.4 Å². The van der Waals surface area contributed by atoms with Crippen molar-refractivity contribution in [3.05, 3.63) is 29.8 Å². The first-order valence-electron chi connectivity index (χ1n) is 11.3. The summed E-state index contributed by atoms with van der Waals surface area (Å²) in [5.41, 5.74) is 0.824. The predicted octanol–water partition coefficient (Wildman–Crippen LogP) is 2.97. The first-order valence-corrected chi connectivity index (χ1v) is 11.3. The Kier molecular flexibility index (Phi) is 4.28. The number of rotatable bonds is 3. The molecular weight excluding hydrogens is 378 g/mol. The van der Waals surface area contributed by atoms with Crippen molar-refractivity contribution in [1.82, 2.24) is 10.2 Å². The van der Waals surface area contributed by atoms with Gasteiger partial charge in [0.25, 0.3) is 5.91 Å². The summed E-state index contributed by atoms with van der Waals surface area (Å²) in [6.07, 6.45) is 5.04. The summed E-state index contributed by atoms with van der Waals surface area (Å²) >= 11 is 0. The molecule has 5 rings (SSSR count). The monoisotopic (exact) mass is 409 g/mol. The molecular formula is C24H31N3O3. The summed E-state index contributed by atoms with van der Waals surface area (Å²) in [5, 5.41) is 3.34. The average molecular weight is 410 g/mol. The molecule has 2 bridgehead atoms. The molecule has 0 aromatic heterocycles. The van der Waals surface area contributed by atoms with E-state index in [1.807, 2.05) is 12.1 Å². The van der Waals surface area contributed by atoms with Crippen LogP contribution in [0.25, 0.3) is 0 Å². The second-order valence-corrected chi connectivity index (χ2v) is 10.3. The van der Waals surface area contributed by atoms with E-state index in [4.69, 9.17) is 0 Å². The van der Waals surface area contributed by atoms with Crippen molar-refractivity contribution < 1.29 is 14.4 Å². The molecule has 1 aromatic rings. The maximum absolute atomic E-state index is 13.4. The highest BCUT2D eigenvalue weighted by Crippen LogP contribution is 2.61. The van der Waals surface area contributed by atoms with E-state index in [1.54, 1.807) is 21.9 Å². The molecule has 0 spiro atoms. The van der Waals surface area contributed by atoms with Crippen molar-refractivity contribution >= 4 is 23.4 Å². The molecule has 1 saturated heterocycles. The zero-order chi connectivity index (χ0) is 21.3. The van der Waals surface area contributed by atoms with Crippen molar-refractivity contribution in [2.24, 2.45) is 17.3 Å². The number of hydrogen-bond donors (Lipinski definition) is 1. The van der Waals surface area contributed by atoms with Crippen LogP contribution in [0.1, 0.15) is 63.2 Å². The Bertz CT molecular complexity index is 926. The van der Waals surface area contributed by atoms with Crippen LogP contribution < -0.4 is 10.2 Å². The Morgan fingerprint density at radius 2 is 1.83 bits per heavy atom. The molecule has 30 heavy (non-hydrogen) atoms. The smallest absolute Gasteiger partial charge is 0.256 e. The van der Waals surface area contributed by atoms with Gasteiger partial charge in [0.15, 0.2) is 0 Å². The van der Waals surface area contributed by atoms with Gasteiger partial charge in [-0.05, 0) is 68.4 Å². The van der Waals surface area contributed by atoms with E-state index < -0.39 is 6.04 Å². The number of para-hydroxylation sites is 1. The molecule has 2 saturated carbocycles. The predicted molar refractivity (Wildman–Crippen MR) is 114 cm³/mol. The molecule has 2 aliphatic carbocycles. The van der Waals surface area contributed by atoms with Crippen molar-refractivity contribution in [2.75, 3.05) is 18.0 Å². The van der Waals surface area contributed by atoms with Gasteiger partial charge in [-0.1, -0.05) is 26.0 Å². The normalized spacial score (nSPS) is 34.0. The number of nitrogens with zero attached hydrogens (tertiary/aromatic N) is 2. The summed E-state index contributed by atoms with van der Waals surface area (Å²) in [6, 6.07) is 6.71. The van der Waals surface area contributed by atoms with Gasteiger partial charge in [0.1, 0.15) is 12.6 Å². The second kappa shape index (κ2) is 6.56. The van der Waals surface area contributed by atoms with Crippen LogP contribution in [-0.4, -0.2) is 47.3 Å². The molecule has 160 valence electrons. The van der Waals surface area contributed by atoms with E-state index >= 15 is 0 Å². The van der Waals surface area contributed by atoms with Gasteiger partial charge >= 0.3 is 0 Å². The van der Waals surface area contributed by atoms with E-state index in [1.165, 1.54) is 12.8 Å². The van der Waals surface area contributed by atoms with Gasteiger partial charge in [-0.25, -0.2) is 0 Å². The molecule has 2 heterocycles. The minimum absolute atomic E-state index is 0.0322. The van der Waals surface area contributed by atoms with Gasteiger partial charge in [0.2, 0.25) is 11.8 Å². The number of carbonyl (C=O) groups is 3. The highest BCUT2D eigenvalue weighted by atomic mass is 16.2. The zero-order valence-corrected chi connectivity index (χ0v) is 18.1. The summed E-state index contributed by atoms with van der Waals surface area (Å²) < 4.78 is 0. The molecule has 6 nitrogen and oxygen atoms in total. The van der Waals surface area contributed by atoms with Crippen LogP contribution in [0.2, 0.25) is 0 Å². The Balaban J connectivity index is 1.43. The molecule has 2 aliphatic heterocycles. The summed E-state index contributed by atoms with van der Waals surface area (Å²) in [5.74, 6) is 0.738. The molecule has 6 heteroatoms. The Hall–Kier alpha value is -2.37. The molecule has 4 aliphatic rings. The number of benzene rings is 1. The summed E-state index contributed by atoms with van der Waals surface area (Å²) in [4.78, 5) is 42.9. The van der Waals surface area contributed by atoms with Crippen LogP contribution in [-0.2, 0) is 9.59 Å². The Labute approximate surface area is 178 Å². The second-order valence-electron chi connectivity index (χ2n) is 10.3. The van der Waals surface area contributed by atoms with E-state index in [2.05, 4.69) is 26.1 Å². The van der Waals surface area contributed by atoms with Crippen LogP contribution in [0, 0.1) is 17.3 Å². The van der Waals surface area contributed by atoms with Crippen molar-refractivity contribution in [3.63, 3.8) is 0 Å². The third-order valence-electron chi connectivity index (χ3n) is 8.80. The zero-order valence-electron chi connectivity index (χ0n) is 18.1. The summed E-state index contributed by atoms with van der Waals surface area (Å²) in [6.45, 7) is 7.25. The van der Waals surface area contributed by atoms with Gasteiger partial charge in [0, 0.05) is 12.1 Å². The molecule has 0 radical (unpaired) electrons. The molecule has 1 N–H and O–H groups in total. The number of amides is 3. The van der Waals surface area contributed by atoms with Crippen LogP contribution >= 0.6 is 0 Å². The quantitative estimate of drug-likeness (QED) is 0.834. The lowest BCUT2D eigenvalue weighted by Crippen LogP contribution is -2.61. The van der Waals surface area contributed by atoms with Crippen molar-refractivity contribution in [2.45, 2.75) is 64.5 Å². The highest BCUT2D eigenvalue weighted by molar-refractivity contribution is 6.12. The number of nitrogens with one attached hydrogen (secondary N) is 1. The maximum atomic E-state index is 13.4. The number of hydrogen-bond acceptors (Lipinski definition) is 3. The van der Waals surface area contributed by atoms with Gasteiger partial charge < -0.3 is 15.1 Å². The standard InChI is InChI=1S/C24H31N3O3/c1-23(2)15-10-11-16(13-15)24(23,3)25-20(28)14-27-18-8-5-4-7-17(18)21(29)26-12-6-9-19(26)22(27)30/h4-5,7-8,15-16,19H,6,9-14H2,1-3H3,(H,25,28)/t15-,16-,19-,24+/m0/s1. The number of anilines is 1. The SMILES string of the molecule is CC1(C)[C@H]2CC[C@@H](C2)[C@@]1(C)NC(=O)CN1C(=O)[C@@H]2CCCN2C(=O)c2ccccc21. The van der Waals surface area contributed by atoms with Crippen LogP contribution in [0.15, 0.2) is 24.3 Å². The van der Waals surface area contributed by atoms with Gasteiger partial charge in [0.05, 0.1) is 11.3 Å². The lowest BCUT2D eigenvalue weighted by atomic mass is 9.64. The maximum Gasteiger partial charge on any atom is 0.256 e. The van der Waals surface area contributed by atoms with Gasteiger partial charge in [-0.2, -0.15) is 0 Å². The van der Waals surface area contributed by atoms with E-state index in [0.29, 0.717) is 36.1 Å². The van der Waals surface area contributed by atoms with Crippen LogP contribution in [0.4, 0.5) is 5.69 Å². The molecule has 3 fully saturated rings. The van der Waals surface area contributed by atoms with Crippen LogP contribution in [0.3, 0.4) is 0 Å². The van der Waals surface area contributed by atoms with Gasteiger partial charge in [-0.15, -0.1) is 0 Å². The summed E-state index contributed by atoms with van der Waals surface area (Å²) in [7, 11) is 0. The minimum atomic E-state index is -0.466. The Morgan fingerprint density at radius 3 is 2.57 bits per heavy atom. The first kappa shape index (κ1) is 19.6. The Morgan fingerprint density at radius 1 is 1.10 bits per heavy atom. The molecule has 0 unspecified atom stereocenters. The largest absolute Gasteiger partial charge is 0.349 e. The fourth-order valence-corrected chi connectivity index (χ4v) is 6.62. The number of carbonyl (C=O) groups excluding carboxylic acids is 3. The highest BCUT2D eigenvalue weighted by Gasteiger charge is 2.61. The van der Waals surface area contributed by atoms with Crippen LogP contribution in [0.5, 0.6) is 0 Å². The lowest BCUT2D eigenvalue weighted by molar-refractivity contribution is -0.128. The van der Waals surface area contributed by atoms with Crippen molar-refractivity contribution in [3.8, 4) is 0 Å². The fourth-order valence-electron chi connectivity index (χ4n) is 6.62. The lowest BCUT2D eigenvalue weighted by Gasteiger charge is -2.48. The van der Waals surface area contributed by atoms with E-state index in [-0.39, 0.29) is 35.2 Å². The number of fused-ring (bicyclic) bond motifs is 4. The fraction of sp³-hybridized carbons (Fsp3) is 0.625. The first-order chi connectivity index (χ1) is 14.2. The topological polar surface area (TPSA) is 69.7 Å². The average Bonchev–Trinajstić information content (AvgIpc) is 3.42.